The molecule has 12 nitrogen and oxygen atoms in total. The number of hydrazine groups is 1. The molecule has 0 radical (unpaired) electrons. The van der Waals surface area contributed by atoms with Crippen LogP contribution in [0, 0.1) is 17.3 Å². The number of methoxy groups -OCH3 is 1. The summed E-state index contributed by atoms with van der Waals surface area (Å²) in [4.78, 5) is 50.6. The van der Waals surface area contributed by atoms with Crippen molar-refractivity contribution in [1.82, 2.24) is 30.2 Å². The second-order valence-corrected chi connectivity index (χ2v) is 17.3. The van der Waals surface area contributed by atoms with E-state index in [1.807, 2.05) is 12.3 Å². The van der Waals surface area contributed by atoms with E-state index in [2.05, 4.69) is 97.1 Å². The summed E-state index contributed by atoms with van der Waals surface area (Å²) in [6.45, 7) is 15.9. The van der Waals surface area contributed by atoms with Gasteiger partial charge in [0.25, 0.3) is 5.91 Å². The van der Waals surface area contributed by atoms with Crippen LogP contribution in [0.5, 0.6) is 0 Å². The maximum Gasteiger partial charge on any atom is 0.324 e. The van der Waals surface area contributed by atoms with Crippen LogP contribution in [0.25, 0.3) is 22.2 Å². The first-order valence-electron chi connectivity index (χ1n) is 20.7. The summed E-state index contributed by atoms with van der Waals surface area (Å²) >= 11 is 0. The summed E-state index contributed by atoms with van der Waals surface area (Å²) in [5.41, 5.74) is 10.4. The average molecular weight is 768 g/mol. The first kappa shape index (κ1) is 40.0. The first-order valence-corrected chi connectivity index (χ1v) is 20.7. The molecule has 5 atom stereocenters. The van der Waals surface area contributed by atoms with Crippen LogP contribution in [0.1, 0.15) is 83.2 Å². The van der Waals surface area contributed by atoms with Gasteiger partial charge < -0.3 is 29.2 Å². The number of ether oxygens (including phenoxy) is 2. The molecule has 2 saturated heterocycles. The van der Waals surface area contributed by atoms with Crippen LogP contribution >= 0.6 is 0 Å². The highest BCUT2D eigenvalue weighted by molar-refractivity contribution is 5.94. The number of fused-ring (bicyclic) bond motifs is 3. The van der Waals surface area contributed by atoms with E-state index in [0.717, 1.165) is 78.2 Å². The largest absolute Gasteiger partial charge is 0.464 e. The van der Waals surface area contributed by atoms with Gasteiger partial charge in [0.1, 0.15) is 12.1 Å². The van der Waals surface area contributed by atoms with Gasteiger partial charge in [-0.1, -0.05) is 39.0 Å². The van der Waals surface area contributed by atoms with Crippen LogP contribution in [0.15, 0.2) is 42.6 Å². The van der Waals surface area contributed by atoms with Crippen molar-refractivity contribution < 1.29 is 23.9 Å². The number of benzene rings is 1. The molecule has 302 valence electrons. The van der Waals surface area contributed by atoms with Crippen LogP contribution in [-0.2, 0) is 43.2 Å². The fourth-order valence-corrected chi connectivity index (χ4v) is 8.58. The van der Waals surface area contributed by atoms with Crippen LogP contribution in [-0.4, -0.2) is 103 Å². The predicted octanol–water partition coefficient (Wildman–Crippen LogP) is 5.43. The highest BCUT2D eigenvalue weighted by Gasteiger charge is 2.41. The number of rotatable bonds is 7. The number of cyclic esters (lactones) is 1. The number of pyridine rings is 1. The smallest absolute Gasteiger partial charge is 0.324 e. The van der Waals surface area contributed by atoms with Crippen LogP contribution in [0.3, 0.4) is 0 Å². The normalized spacial score (nSPS) is 26.1. The maximum absolute atomic E-state index is 13.9. The number of amides is 2. The Morgan fingerprint density at radius 3 is 2.61 bits per heavy atom. The number of aryl methyl sites for hydroxylation is 1. The third-order valence-electron chi connectivity index (χ3n) is 12.3. The van der Waals surface area contributed by atoms with Gasteiger partial charge in [0.05, 0.1) is 36.0 Å². The number of esters is 1. The average Bonchev–Trinajstić information content (AvgIpc) is 3.87. The van der Waals surface area contributed by atoms with E-state index in [9.17, 15) is 14.4 Å². The Balaban J connectivity index is 1.31. The van der Waals surface area contributed by atoms with Gasteiger partial charge in [-0.25, -0.2) is 5.43 Å². The minimum absolute atomic E-state index is 0.0553. The van der Waals surface area contributed by atoms with E-state index in [4.69, 9.17) is 14.5 Å². The molecule has 1 saturated carbocycles. The summed E-state index contributed by atoms with van der Waals surface area (Å²) in [5.74, 6) is -0.416. The van der Waals surface area contributed by atoms with Crippen molar-refractivity contribution in [2.45, 2.75) is 97.9 Å². The van der Waals surface area contributed by atoms with E-state index in [1.165, 1.54) is 10.6 Å². The maximum atomic E-state index is 13.9. The van der Waals surface area contributed by atoms with Crippen molar-refractivity contribution in [1.29, 1.82) is 0 Å². The molecule has 4 aliphatic rings. The van der Waals surface area contributed by atoms with Gasteiger partial charge in [-0.15, -0.1) is 0 Å². The Morgan fingerprint density at radius 1 is 1.12 bits per heavy atom. The van der Waals surface area contributed by atoms with E-state index in [0.29, 0.717) is 44.6 Å². The van der Waals surface area contributed by atoms with Gasteiger partial charge in [0.2, 0.25) is 5.91 Å². The summed E-state index contributed by atoms with van der Waals surface area (Å²) in [6, 6.07) is 7.63. The number of carbonyl (C=O) groups is 3. The lowest BCUT2D eigenvalue weighted by Crippen LogP contribution is -2.60. The molecule has 0 spiro atoms. The fourth-order valence-electron chi connectivity index (χ4n) is 8.58. The predicted molar refractivity (Wildman–Crippen MR) is 219 cm³/mol. The minimum Gasteiger partial charge on any atom is -0.464 e. The van der Waals surface area contributed by atoms with E-state index >= 15 is 0 Å². The van der Waals surface area contributed by atoms with Crippen molar-refractivity contribution >= 4 is 34.4 Å². The van der Waals surface area contributed by atoms with Gasteiger partial charge in [-0.2, -0.15) is 0 Å². The monoisotopic (exact) mass is 767 g/mol. The Bertz CT molecular complexity index is 1960. The van der Waals surface area contributed by atoms with Crippen LogP contribution < -0.4 is 15.6 Å². The van der Waals surface area contributed by atoms with E-state index < -0.39 is 17.5 Å². The molecular weight excluding hydrogens is 707 g/mol. The molecule has 2 aromatic heterocycles. The van der Waals surface area contributed by atoms with Gasteiger partial charge in [0, 0.05) is 74.2 Å². The molecule has 56 heavy (non-hydrogen) atoms. The number of nitrogens with zero attached hydrogens (tertiary/aromatic N) is 5. The highest BCUT2D eigenvalue weighted by atomic mass is 16.5. The zero-order valence-corrected chi connectivity index (χ0v) is 34.4. The number of hydrogen-bond donors (Lipinski definition) is 2. The number of allylic oxidation sites excluding steroid dienone is 1. The quantitative estimate of drug-likeness (QED) is 0.240. The van der Waals surface area contributed by atoms with Crippen molar-refractivity contribution in [2.75, 3.05) is 58.4 Å². The topological polar surface area (TPSA) is 121 Å². The molecule has 2 amide bonds. The zero-order valence-electron chi connectivity index (χ0n) is 34.4. The molecule has 0 unspecified atom stereocenters. The summed E-state index contributed by atoms with van der Waals surface area (Å²) in [5, 5.41) is 5.72. The Hall–Kier alpha value is -4.26. The minimum atomic E-state index is -0.735. The lowest BCUT2D eigenvalue weighted by Gasteiger charge is -2.35. The molecule has 2 N–H and O–H groups in total. The SMILES string of the molecule is CCn1c(-c2cc(N3CCN(C)CC3)cnc2[C@H](C)OC)c2c3cc(ccc31)C/C=C\C[C@H](NC(=O)[C@H]1C[C@@H]1C)C(=O)N1CCC[C@H](N1)C(=O)OCC(C)(C)C2. The van der Waals surface area contributed by atoms with Gasteiger partial charge in [-0.05, 0) is 94.7 Å². The fraction of sp³-hybridized carbons (Fsp3) is 0.591. The second kappa shape index (κ2) is 16.7. The molecule has 1 aromatic carbocycles. The lowest BCUT2D eigenvalue weighted by atomic mass is 9.84. The van der Waals surface area contributed by atoms with Crippen molar-refractivity contribution in [3.05, 3.63) is 59.4 Å². The summed E-state index contributed by atoms with van der Waals surface area (Å²) < 4.78 is 14.5. The zero-order chi connectivity index (χ0) is 39.7. The molecule has 5 heterocycles. The highest BCUT2D eigenvalue weighted by Crippen LogP contribution is 2.42. The van der Waals surface area contributed by atoms with Crippen molar-refractivity contribution in [3.8, 4) is 11.3 Å². The number of anilines is 1. The molecule has 7 rings (SSSR count). The van der Waals surface area contributed by atoms with Gasteiger partial charge in [-0.3, -0.25) is 24.4 Å². The number of nitrogens with one attached hydrogen (secondary N) is 2. The number of piperazine rings is 1. The molecule has 12 heteroatoms. The van der Waals surface area contributed by atoms with Crippen molar-refractivity contribution in [2.24, 2.45) is 17.3 Å². The standard InChI is InChI=1S/C44H61N7O5/c1-8-50-38-16-15-30-12-9-10-13-36(46-41(52)32-22-28(32)2)42(53)51-17-11-14-37(47-51)43(54)56-27-44(4,5)25-35(33(38)23-30)40(50)34-24-31(26-45-39(34)29(3)55-7)49-20-18-48(6)19-21-49/h9-10,15-16,23-24,26,28-29,32,36-37,47H,8,11-14,17-22,25,27H2,1-7H3,(H,46,52)/b10-9-/t28-,29-,32-,36-,37-/m0/s1. The van der Waals surface area contributed by atoms with Crippen LogP contribution in [0.4, 0.5) is 5.69 Å². The summed E-state index contributed by atoms with van der Waals surface area (Å²) in [6.07, 6.45) is 9.61. The molecule has 3 aromatic rings. The Kier molecular flexibility index (Phi) is 11.9. The van der Waals surface area contributed by atoms with Crippen LogP contribution in [0.2, 0.25) is 0 Å². The lowest BCUT2D eigenvalue weighted by molar-refractivity contribution is -0.155. The molecule has 3 fully saturated rings. The molecule has 4 bridgehead atoms. The van der Waals surface area contributed by atoms with E-state index in [-0.39, 0.29) is 36.4 Å². The summed E-state index contributed by atoms with van der Waals surface area (Å²) in [7, 11) is 3.90. The third kappa shape index (κ3) is 8.52. The Labute approximate surface area is 331 Å². The van der Waals surface area contributed by atoms with Gasteiger partial charge in [0.15, 0.2) is 0 Å². The number of aromatic nitrogens is 2. The second-order valence-electron chi connectivity index (χ2n) is 17.3. The molecule has 1 aliphatic carbocycles. The molecular formula is C44H61N7O5. The van der Waals surface area contributed by atoms with Gasteiger partial charge >= 0.3 is 5.97 Å². The third-order valence-corrected chi connectivity index (χ3v) is 12.3. The number of carbonyl (C=O) groups excluding carboxylic acids is 3. The number of hydrogen-bond acceptors (Lipinski definition) is 9. The van der Waals surface area contributed by atoms with Crippen molar-refractivity contribution in [3.63, 3.8) is 0 Å². The molecule has 3 aliphatic heterocycles. The number of likely N-dealkylation sites (N-methyl/N-ethyl adjacent to an activating group) is 1. The first-order chi connectivity index (χ1) is 26.9. The Morgan fingerprint density at radius 2 is 1.89 bits per heavy atom. The van der Waals surface area contributed by atoms with E-state index in [1.54, 1.807) is 7.11 Å².